The minimum absolute atomic E-state index is 0.180. The SMILES string of the molecule is CCCCCCCCCCCCOC(CC)(CC)C(C)=O. The molecule has 2 nitrogen and oxygen atoms in total. The van der Waals surface area contributed by atoms with Crippen LogP contribution < -0.4 is 0 Å². The predicted octanol–water partition coefficient (Wildman–Crippen LogP) is 6.07. The standard InChI is InChI=1S/C19H38O2/c1-5-8-9-10-11-12-13-14-15-16-17-21-19(6-2,7-3)18(4)20/h5-17H2,1-4H3. The summed E-state index contributed by atoms with van der Waals surface area (Å²) in [6, 6.07) is 0. The highest BCUT2D eigenvalue weighted by Gasteiger charge is 2.31. The molecule has 0 aromatic rings. The number of Topliss-reactive ketones (excluding diaryl/α,β-unsaturated/α-hetero) is 1. The zero-order valence-electron chi connectivity index (χ0n) is 15.0. The van der Waals surface area contributed by atoms with Gasteiger partial charge in [-0.15, -0.1) is 0 Å². The van der Waals surface area contributed by atoms with Crippen LogP contribution in [0.25, 0.3) is 0 Å². The molecule has 0 spiro atoms. The van der Waals surface area contributed by atoms with E-state index < -0.39 is 5.60 Å². The zero-order valence-corrected chi connectivity index (χ0v) is 15.0. The van der Waals surface area contributed by atoms with Gasteiger partial charge in [0.25, 0.3) is 0 Å². The van der Waals surface area contributed by atoms with Crippen LogP contribution in [-0.2, 0) is 9.53 Å². The Morgan fingerprint density at radius 1 is 0.762 bits per heavy atom. The third kappa shape index (κ3) is 9.29. The normalized spacial score (nSPS) is 11.8. The van der Waals surface area contributed by atoms with E-state index in [1.54, 1.807) is 6.92 Å². The molecule has 0 fully saturated rings. The van der Waals surface area contributed by atoms with E-state index in [4.69, 9.17) is 4.74 Å². The number of hydrogen-bond acceptors (Lipinski definition) is 2. The summed E-state index contributed by atoms with van der Waals surface area (Å²) in [4.78, 5) is 11.7. The first-order valence-electron chi connectivity index (χ1n) is 9.28. The van der Waals surface area contributed by atoms with Gasteiger partial charge in [-0.05, 0) is 26.2 Å². The van der Waals surface area contributed by atoms with Gasteiger partial charge in [0, 0.05) is 6.61 Å². The monoisotopic (exact) mass is 298 g/mol. The molecule has 0 N–H and O–H groups in total. The molecule has 126 valence electrons. The molecular weight excluding hydrogens is 260 g/mol. The van der Waals surface area contributed by atoms with E-state index in [0.717, 1.165) is 25.9 Å². The fraction of sp³-hybridized carbons (Fsp3) is 0.947. The molecule has 0 atom stereocenters. The van der Waals surface area contributed by atoms with Crippen LogP contribution in [-0.4, -0.2) is 18.0 Å². The summed E-state index contributed by atoms with van der Waals surface area (Å²) < 4.78 is 5.91. The van der Waals surface area contributed by atoms with Gasteiger partial charge in [-0.1, -0.05) is 78.6 Å². The van der Waals surface area contributed by atoms with Crippen LogP contribution in [0.4, 0.5) is 0 Å². The molecule has 0 bridgehead atoms. The van der Waals surface area contributed by atoms with Crippen molar-refractivity contribution < 1.29 is 9.53 Å². The number of rotatable bonds is 15. The van der Waals surface area contributed by atoms with Crippen molar-refractivity contribution in [1.82, 2.24) is 0 Å². The summed E-state index contributed by atoms with van der Waals surface area (Å²) in [7, 11) is 0. The largest absolute Gasteiger partial charge is 0.367 e. The van der Waals surface area contributed by atoms with Crippen molar-refractivity contribution in [2.75, 3.05) is 6.61 Å². The summed E-state index contributed by atoms with van der Waals surface area (Å²) in [5.41, 5.74) is -0.515. The number of unbranched alkanes of at least 4 members (excludes halogenated alkanes) is 9. The third-order valence-electron chi connectivity index (χ3n) is 4.66. The molecule has 0 rings (SSSR count). The van der Waals surface area contributed by atoms with Crippen LogP contribution >= 0.6 is 0 Å². The fourth-order valence-corrected chi connectivity index (χ4v) is 2.91. The van der Waals surface area contributed by atoms with Gasteiger partial charge in [0.05, 0.1) is 0 Å². The zero-order chi connectivity index (χ0) is 16.0. The first-order chi connectivity index (χ1) is 10.1. The summed E-state index contributed by atoms with van der Waals surface area (Å²) in [5.74, 6) is 0.180. The van der Waals surface area contributed by atoms with E-state index in [1.165, 1.54) is 57.8 Å². The molecule has 0 amide bonds. The van der Waals surface area contributed by atoms with Crippen LogP contribution in [0.5, 0.6) is 0 Å². The van der Waals surface area contributed by atoms with Crippen molar-refractivity contribution in [2.45, 2.75) is 110 Å². The fourth-order valence-electron chi connectivity index (χ4n) is 2.91. The molecule has 0 unspecified atom stereocenters. The molecule has 0 aliphatic carbocycles. The third-order valence-corrected chi connectivity index (χ3v) is 4.66. The average molecular weight is 299 g/mol. The maximum Gasteiger partial charge on any atom is 0.161 e. The van der Waals surface area contributed by atoms with Gasteiger partial charge < -0.3 is 4.74 Å². The molecule has 0 aliphatic rings. The number of ketones is 1. The molecule has 2 heteroatoms. The van der Waals surface area contributed by atoms with E-state index in [9.17, 15) is 4.79 Å². The van der Waals surface area contributed by atoms with Gasteiger partial charge >= 0.3 is 0 Å². The number of carbonyl (C=O) groups is 1. The maximum absolute atomic E-state index is 11.7. The molecule has 21 heavy (non-hydrogen) atoms. The second-order valence-corrected chi connectivity index (χ2v) is 6.29. The van der Waals surface area contributed by atoms with Crippen molar-refractivity contribution in [3.05, 3.63) is 0 Å². The number of ether oxygens (including phenoxy) is 1. The van der Waals surface area contributed by atoms with Crippen LogP contribution in [0.15, 0.2) is 0 Å². The van der Waals surface area contributed by atoms with Crippen LogP contribution in [0.3, 0.4) is 0 Å². The number of carbonyl (C=O) groups excluding carboxylic acids is 1. The van der Waals surface area contributed by atoms with Crippen molar-refractivity contribution >= 4 is 5.78 Å². The van der Waals surface area contributed by atoms with Gasteiger partial charge in [0.2, 0.25) is 0 Å². The minimum atomic E-state index is -0.515. The van der Waals surface area contributed by atoms with Crippen LogP contribution in [0.2, 0.25) is 0 Å². The van der Waals surface area contributed by atoms with Gasteiger partial charge in [0.1, 0.15) is 5.60 Å². The van der Waals surface area contributed by atoms with Gasteiger partial charge in [-0.25, -0.2) is 0 Å². The van der Waals surface area contributed by atoms with Gasteiger partial charge in [-0.3, -0.25) is 4.79 Å². The predicted molar refractivity (Wildman–Crippen MR) is 91.8 cm³/mol. The second-order valence-electron chi connectivity index (χ2n) is 6.29. The first-order valence-corrected chi connectivity index (χ1v) is 9.28. The topological polar surface area (TPSA) is 26.3 Å². The highest BCUT2D eigenvalue weighted by molar-refractivity contribution is 5.84. The lowest BCUT2D eigenvalue weighted by molar-refractivity contribution is -0.144. The van der Waals surface area contributed by atoms with Gasteiger partial charge in [-0.2, -0.15) is 0 Å². The Balaban J connectivity index is 3.49. The molecular formula is C19H38O2. The van der Waals surface area contributed by atoms with E-state index in [-0.39, 0.29) is 5.78 Å². The molecule has 0 aliphatic heterocycles. The molecule has 0 aromatic heterocycles. The van der Waals surface area contributed by atoms with E-state index in [1.807, 2.05) is 13.8 Å². The second kappa shape index (κ2) is 13.3. The smallest absolute Gasteiger partial charge is 0.161 e. The Morgan fingerprint density at radius 2 is 1.19 bits per heavy atom. The lowest BCUT2D eigenvalue weighted by atomic mass is 9.93. The summed E-state index contributed by atoms with van der Waals surface area (Å²) in [6.45, 7) is 8.75. The molecule has 0 saturated carbocycles. The van der Waals surface area contributed by atoms with Gasteiger partial charge in [0.15, 0.2) is 5.78 Å². The lowest BCUT2D eigenvalue weighted by Gasteiger charge is -2.29. The highest BCUT2D eigenvalue weighted by Crippen LogP contribution is 2.22. The molecule has 0 saturated heterocycles. The number of hydrogen-bond donors (Lipinski definition) is 0. The van der Waals surface area contributed by atoms with Crippen molar-refractivity contribution in [3.63, 3.8) is 0 Å². The maximum atomic E-state index is 11.7. The van der Waals surface area contributed by atoms with Crippen molar-refractivity contribution in [3.8, 4) is 0 Å². The Bertz CT molecular complexity index is 244. The molecule has 0 aromatic carbocycles. The highest BCUT2D eigenvalue weighted by atomic mass is 16.5. The summed E-state index contributed by atoms with van der Waals surface area (Å²) in [6.07, 6.45) is 14.9. The van der Waals surface area contributed by atoms with Crippen molar-refractivity contribution in [2.24, 2.45) is 0 Å². The van der Waals surface area contributed by atoms with Crippen LogP contribution in [0.1, 0.15) is 105 Å². The quantitative estimate of drug-likeness (QED) is 0.343. The van der Waals surface area contributed by atoms with E-state index in [0.29, 0.717) is 0 Å². The molecule has 0 heterocycles. The minimum Gasteiger partial charge on any atom is -0.367 e. The van der Waals surface area contributed by atoms with Crippen LogP contribution in [0, 0.1) is 0 Å². The summed E-state index contributed by atoms with van der Waals surface area (Å²) >= 11 is 0. The molecule has 0 radical (unpaired) electrons. The average Bonchev–Trinajstić information content (AvgIpc) is 2.49. The van der Waals surface area contributed by atoms with Crippen molar-refractivity contribution in [1.29, 1.82) is 0 Å². The van der Waals surface area contributed by atoms with E-state index in [2.05, 4.69) is 6.92 Å². The Morgan fingerprint density at radius 3 is 1.57 bits per heavy atom. The first kappa shape index (κ1) is 20.6. The Hall–Kier alpha value is -0.370. The Labute approximate surface area is 133 Å². The van der Waals surface area contributed by atoms with E-state index >= 15 is 0 Å². The lowest BCUT2D eigenvalue weighted by Crippen LogP contribution is -2.39. The summed E-state index contributed by atoms with van der Waals surface area (Å²) in [5, 5.41) is 0. The Kier molecular flexibility index (Phi) is 13.1.